The van der Waals surface area contributed by atoms with Gasteiger partial charge in [0.25, 0.3) is 0 Å². The lowest BCUT2D eigenvalue weighted by Crippen LogP contribution is -2.11. The maximum absolute atomic E-state index is 10.1. The Labute approximate surface area is 98.3 Å². The van der Waals surface area contributed by atoms with Gasteiger partial charge in [0, 0.05) is 6.61 Å². The Morgan fingerprint density at radius 1 is 1.19 bits per heavy atom. The zero-order valence-corrected chi connectivity index (χ0v) is 10.7. The Morgan fingerprint density at radius 3 is 2.25 bits per heavy atom. The molecule has 0 saturated carbocycles. The summed E-state index contributed by atoms with van der Waals surface area (Å²) in [5.41, 5.74) is 4.54. The highest BCUT2D eigenvalue weighted by Gasteiger charge is 2.13. The van der Waals surface area contributed by atoms with Crippen molar-refractivity contribution in [3.63, 3.8) is 0 Å². The van der Waals surface area contributed by atoms with Crippen molar-refractivity contribution in [1.29, 1.82) is 0 Å². The van der Waals surface area contributed by atoms with Crippen LogP contribution >= 0.6 is 0 Å². The summed E-state index contributed by atoms with van der Waals surface area (Å²) in [7, 11) is 0. The number of hydrogen-bond donors (Lipinski definition) is 1. The highest BCUT2D eigenvalue weighted by molar-refractivity contribution is 5.38. The zero-order valence-electron chi connectivity index (χ0n) is 10.7. The largest absolute Gasteiger partial charge is 0.386 e. The van der Waals surface area contributed by atoms with E-state index in [1.807, 2.05) is 13.8 Å². The van der Waals surface area contributed by atoms with E-state index >= 15 is 0 Å². The van der Waals surface area contributed by atoms with Crippen molar-refractivity contribution >= 4 is 0 Å². The van der Waals surface area contributed by atoms with Crippen molar-refractivity contribution in [3.8, 4) is 0 Å². The van der Waals surface area contributed by atoms with E-state index in [1.54, 1.807) is 0 Å². The average molecular weight is 222 g/mol. The monoisotopic (exact) mass is 222 g/mol. The third kappa shape index (κ3) is 3.32. The number of rotatable bonds is 5. The van der Waals surface area contributed by atoms with E-state index in [2.05, 4.69) is 26.0 Å². The molecule has 90 valence electrons. The summed E-state index contributed by atoms with van der Waals surface area (Å²) in [6.07, 6.45) is 0.477. The number of aliphatic hydroxyl groups excluding tert-OH is 1. The van der Waals surface area contributed by atoms with Crippen molar-refractivity contribution in [2.45, 2.75) is 40.2 Å². The maximum Gasteiger partial charge on any atom is 0.103 e. The molecule has 0 radical (unpaired) electrons. The fourth-order valence-corrected chi connectivity index (χ4v) is 2.14. The van der Waals surface area contributed by atoms with Crippen LogP contribution in [0.1, 0.15) is 41.7 Å². The molecule has 1 aromatic carbocycles. The molecule has 2 heteroatoms. The second kappa shape index (κ2) is 6.02. The van der Waals surface area contributed by atoms with Gasteiger partial charge in [0.2, 0.25) is 0 Å². The molecule has 0 aliphatic heterocycles. The van der Waals surface area contributed by atoms with Gasteiger partial charge in [-0.1, -0.05) is 24.6 Å². The highest BCUT2D eigenvalue weighted by Crippen LogP contribution is 2.23. The van der Waals surface area contributed by atoms with Crippen molar-refractivity contribution in [2.75, 3.05) is 13.2 Å². The second-order valence-electron chi connectivity index (χ2n) is 4.40. The van der Waals surface area contributed by atoms with Crippen molar-refractivity contribution in [1.82, 2.24) is 0 Å². The molecule has 1 aromatic rings. The van der Waals surface area contributed by atoms with E-state index in [0.717, 1.165) is 23.1 Å². The van der Waals surface area contributed by atoms with Gasteiger partial charge in [-0.05, 0) is 43.9 Å². The Balaban J connectivity index is 2.78. The van der Waals surface area contributed by atoms with E-state index in [4.69, 9.17) is 4.74 Å². The average Bonchev–Trinajstić information content (AvgIpc) is 2.16. The van der Waals surface area contributed by atoms with Crippen LogP contribution in [0.15, 0.2) is 12.1 Å². The molecule has 1 N–H and O–H groups in total. The van der Waals surface area contributed by atoms with Gasteiger partial charge >= 0.3 is 0 Å². The van der Waals surface area contributed by atoms with E-state index < -0.39 is 6.10 Å². The molecule has 16 heavy (non-hydrogen) atoms. The molecule has 0 spiro atoms. The molecule has 0 bridgehead atoms. The standard InChI is InChI=1S/C14H22O2/c1-5-6-16-9-13(15)14-11(3)7-10(2)8-12(14)4/h7-8,13,15H,5-6,9H2,1-4H3. The highest BCUT2D eigenvalue weighted by atomic mass is 16.5. The normalized spacial score (nSPS) is 12.8. The summed E-state index contributed by atoms with van der Waals surface area (Å²) >= 11 is 0. The Morgan fingerprint density at radius 2 is 1.75 bits per heavy atom. The molecule has 0 heterocycles. The van der Waals surface area contributed by atoms with Gasteiger partial charge in [-0.3, -0.25) is 0 Å². The number of benzene rings is 1. The Hall–Kier alpha value is -0.860. The molecule has 0 saturated heterocycles. The molecule has 1 unspecified atom stereocenters. The van der Waals surface area contributed by atoms with E-state index in [0.29, 0.717) is 13.2 Å². The number of aliphatic hydroxyl groups is 1. The van der Waals surface area contributed by atoms with Crippen molar-refractivity contribution in [2.24, 2.45) is 0 Å². The first-order chi connectivity index (χ1) is 7.56. The lowest BCUT2D eigenvalue weighted by atomic mass is 9.96. The van der Waals surface area contributed by atoms with Crippen LogP contribution in [0.2, 0.25) is 0 Å². The molecule has 2 nitrogen and oxygen atoms in total. The SMILES string of the molecule is CCCOCC(O)c1c(C)cc(C)cc1C. The number of hydrogen-bond acceptors (Lipinski definition) is 2. The lowest BCUT2D eigenvalue weighted by Gasteiger charge is -2.17. The van der Waals surface area contributed by atoms with Crippen LogP contribution in [-0.2, 0) is 4.74 Å². The summed E-state index contributed by atoms with van der Waals surface area (Å²) in [4.78, 5) is 0. The van der Waals surface area contributed by atoms with Crippen LogP contribution in [0.5, 0.6) is 0 Å². The fourth-order valence-electron chi connectivity index (χ4n) is 2.14. The van der Waals surface area contributed by atoms with Crippen molar-refractivity contribution < 1.29 is 9.84 Å². The Bertz CT molecular complexity index is 322. The quantitative estimate of drug-likeness (QED) is 0.776. The first-order valence-electron chi connectivity index (χ1n) is 5.89. The van der Waals surface area contributed by atoms with Gasteiger partial charge in [-0.25, -0.2) is 0 Å². The van der Waals surface area contributed by atoms with E-state index in [9.17, 15) is 5.11 Å². The van der Waals surface area contributed by atoms with Crippen LogP contribution in [-0.4, -0.2) is 18.3 Å². The molecule has 0 aliphatic carbocycles. The number of ether oxygens (including phenoxy) is 1. The van der Waals surface area contributed by atoms with Crippen LogP contribution in [0.3, 0.4) is 0 Å². The van der Waals surface area contributed by atoms with Crippen molar-refractivity contribution in [3.05, 3.63) is 34.4 Å². The predicted molar refractivity (Wildman–Crippen MR) is 66.7 cm³/mol. The van der Waals surface area contributed by atoms with Crippen LogP contribution in [0.4, 0.5) is 0 Å². The van der Waals surface area contributed by atoms with Gasteiger partial charge in [0.05, 0.1) is 6.61 Å². The molecular formula is C14H22O2. The second-order valence-corrected chi connectivity index (χ2v) is 4.40. The topological polar surface area (TPSA) is 29.5 Å². The summed E-state index contributed by atoms with van der Waals surface area (Å²) < 4.78 is 5.39. The summed E-state index contributed by atoms with van der Waals surface area (Å²) in [6, 6.07) is 4.21. The van der Waals surface area contributed by atoms with Gasteiger partial charge in [0.15, 0.2) is 0 Å². The smallest absolute Gasteiger partial charge is 0.103 e. The van der Waals surface area contributed by atoms with Gasteiger partial charge < -0.3 is 9.84 Å². The van der Waals surface area contributed by atoms with Crippen LogP contribution in [0, 0.1) is 20.8 Å². The van der Waals surface area contributed by atoms with Gasteiger partial charge in [-0.15, -0.1) is 0 Å². The molecule has 1 rings (SSSR count). The molecule has 0 aromatic heterocycles. The molecule has 0 aliphatic rings. The van der Waals surface area contributed by atoms with Crippen LogP contribution in [0.25, 0.3) is 0 Å². The predicted octanol–water partition coefficient (Wildman–Crippen LogP) is 3.07. The third-order valence-electron chi connectivity index (χ3n) is 2.70. The minimum absolute atomic E-state index is 0.387. The molecular weight excluding hydrogens is 200 g/mol. The molecule has 0 amide bonds. The summed E-state index contributed by atoms with van der Waals surface area (Å²) in [5, 5.41) is 10.1. The minimum atomic E-state index is -0.507. The maximum atomic E-state index is 10.1. The first kappa shape index (κ1) is 13.2. The third-order valence-corrected chi connectivity index (χ3v) is 2.70. The van der Waals surface area contributed by atoms with E-state index in [1.165, 1.54) is 5.56 Å². The van der Waals surface area contributed by atoms with Crippen LogP contribution < -0.4 is 0 Å². The van der Waals surface area contributed by atoms with E-state index in [-0.39, 0.29) is 0 Å². The number of aryl methyl sites for hydroxylation is 3. The Kier molecular flexibility index (Phi) is 4.97. The summed E-state index contributed by atoms with van der Waals surface area (Å²) in [5.74, 6) is 0. The summed E-state index contributed by atoms with van der Waals surface area (Å²) in [6.45, 7) is 9.31. The first-order valence-corrected chi connectivity index (χ1v) is 5.89. The van der Waals surface area contributed by atoms with Gasteiger partial charge in [-0.2, -0.15) is 0 Å². The fraction of sp³-hybridized carbons (Fsp3) is 0.571. The van der Waals surface area contributed by atoms with Gasteiger partial charge in [0.1, 0.15) is 6.10 Å². The molecule has 1 atom stereocenters. The lowest BCUT2D eigenvalue weighted by molar-refractivity contribution is 0.0357. The molecule has 0 fully saturated rings. The zero-order chi connectivity index (χ0) is 12.1. The minimum Gasteiger partial charge on any atom is -0.386 e.